The van der Waals surface area contributed by atoms with Gasteiger partial charge in [0.2, 0.25) is 5.91 Å². The van der Waals surface area contributed by atoms with E-state index in [0.29, 0.717) is 32.3 Å². The second-order valence-electron chi connectivity index (χ2n) is 5.60. The monoisotopic (exact) mass is 492 g/mol. The van der Waals surface area contributed by atoms with Gasteiger partial charge in [-0.1, -0.05) is 13.0 Å². The van der Waals surface area contributed by atoms with Crippen molar-refractivity contribution in [3.63, 3.8) is 0 Å². The molecule has 0 aromatic heterocycles. The third kappa shape index (κ3) is 10.3. The first kappa shape index (κ1) is 25.3. The van der Waals surface area contributed by atoms with Crippen LogP contribution in [-0.4, -0.2) is 51.8 Å². The Kier molecular flexibility index (Phi) is 14.4. The second-order valence-corrected chi connectivity index (χ2v) is 5.60. The maximum Gasteiger partial charge on any atom is 0.239 e. The summed E-state index contributed by atoms with van der Waals surface area (Å²) in [7, 11) is 1.68. The number of hydrogen-bond acceptors (Lipinski definition) is 4. The summed E-state index contributed by atoms with van der Waals surface area (Å²) in [6.07, 6.45) is 1.72. The lowest BCUT2D eigenvalue weighted by atomic mass is 10.1. The fourth-order valence-electron chi connectivity index (χ4n) is 2.29. The average Bonchev–Trinajstić information content (AvgIpc) is 2.65. The molecular weight excluding hydrogens is 459 g/mol. The highest BCUT2D eigenvalue weighted by molar-refractivity contribution is 14.0. The highest BCUT2D eigenvalue weighted by atomic mass is 127. The van der Waals surface area contributed by atoms with E-state index in [9.17, 15) is 4.79 Å². The molecule has 0 aliphatic rings. The first-order valence-electron chi connectivity index (χ1n) is 9.24. The zero-order chi connectivity index (χ0) is 19.2. The van der Waals surface area contributed by atoms with Gasteiger partial charge in [-0.2, -0.15) is 0 Å². The smallest absolute Gasteiger partial charge is 0.239 e. The molecule has 154 valence electrons. The molecule has 0 aliphatic carbocycles. The molecule has 0 saturated heterocycles. The first-order valence-corrected chi connectivity index (χ1v) is 9.24. The molecule has 1 rings (SSSR count). The molecule has 1 aromatic carbocycles. The molecule has 0 unspecified atom stereocenters. The summed E-state index contributed by atoms with van der Waals surface area (Å²) in [5, 5.41) is 9.03. The highest BCUT2D eigenvalue weighted by Gasteiger charge is 2.07. The maximum absolute atomic E-state index is 11.6. The second kappa shape index (κ2) is 15.4. The van der Waals surface area contributed by atoms with Gasteiger partial charge in [-0.3, -0.25) is 9.79 Å². The number of hydrogen-bond donors (Lipinski definition) is 3. The Hall–Kier alpha value is -1.71. The number of carbonyl (C=O) groups is 1. The van der Waals surface area contributed by atoms with E-state index in [0.717, 1.165) is 29.9 Å². The Morgan fingerprint density at radius 2 is 1.70 bits per heavy atom. The normalized spacial score (nSPS) is 10.6. The van der Waals surface area contributed by atoms with Crippen molar-refractivity contribution < 1.29 is 14.3 Å². The van der Waals surface area contributed by atoms with Crippen LogP contribution in [0.2, 0.25) is 0 Å². The van der Waals surface area contributed by atoms with E-state index in [4.69, 9.17) is 9.47 Å². The van der Waals surface area contributed by atoms with Crippen LogP contribution in [-0.2, 0) is 11.2 Å². The minimum absolute atomic E-state index is 0. The lowest BCUT2D eigenvalue weighted by Crippen LogP contribution is -2.43. The van der Waals surface area contributed by atoms with Gasteiger partial charge in [-0.25, -0.2) is 0 Å². The van der Waals surface area contributed by atoms with E-state index < -0.39 is 0 Å². The molecule has 1 aromatic rings. The molecule has 7 nitrogen and oxygen atoms in total. The largest absolute Gasteiger partial charge is 0.490 e. The summed E-state index contributed by atoms with van der Waals surface area (Å²) >= 11 is 0. The molecule has 0 atom stereocenters. The van der Waals surface area contributed by atoms with Gasteiger partial charge in [0, 0.05) is 20.1 Å². The van der Waals surface area contributed by atoms with Crippen LogP contribution in [0.15, 0.2) is 23.2 Å². The fraction of sp³-hybridized carbons (Fsp3) is 0.579. The SMILES string of the molecule is CCCNC(=O)CNC(=NC)NCCc1ccc(OCC)c(OCC)c1.I. The van der Waals surface area contributed by atoms with Crippen molar-refractivity contribution in [3.8, 4) is 11.5 Å². The topological polar surface area (TPSA) is 84.0 Å². The third-order valence-electron chi connectivity index (χ3n) is 3.53. The fourth-order valence-corrected chi connectivity index (χ4v) is 2.29. The van der Waals surface area contributed by atoms with E-state index in [1.807, 2.05) is 39.0 Å². The van der Waals surface area contributed by atoms with E-state index in [1.54, 1.807) is 7.05 Å². The Labute approximate surface area is 179 Å². The predicted octanol–water partition coefficient (Wildman–Crippen LogP) is 2.34. The Bertz CT molecular complexity index is 582. The van der Waals surface area contributed by atoms with Crippen molar-refractivity contribution >= 4 is 35.8 Å². The van der Waals surface area contributed by atoms with Crippen LogP contribution in [0, 0.1) is 0 Å². The molecule has 0 saturated carbocycles. The van der Waals surface area contributed by atoms with Gasteiger partial charge in [0.1, 0.15) is 0 Å². The number of nitrogens with one attached hydrogen (secondary N) is 3. The maximum atomic E-state index is 11.6. The molecule has 0 fully saturated rings. The van der Waals surface area contributed by atoms with Crippen LogP contribution in [0.25, 0.3) is 0 Å². The van der Waals surface area contributed by atoms with Crippen molar-refractivity contribution in [2.75, 3.05) is 39.9 Å². The van der Waals surface area contributed by atoms with Crippen LogP contribution >= 0.6 is 24.0 Å². The van der Waals surface area contributed by atoms with Gasteiger partial charge in [0.05, 0.1) is 19.8 Å². The number of ether oxygens (including phenoxy) is 2. The lowest BCUT2D eigenvalue weighted by Gasteiger charge is -2.14. The average molecular weight is 492 g/mol. The Morgan fingerprint density at radius 3 is 2.33 bits per heavy atom. The van der Waals surface area contributed by atoms with Gasteiger partial charge >= 0.3 is 0 Å². The van der Waals surface area contributed by atoms with Crippen molar-refractivity contribution in [1.82, 2.24) is 16.0 Å². The predicted molar refractivity (Wildman–Crippen MR) is 121 cm³/mol. The number of nitrogens with zero attached hydrogens (tertiary/aromatic N) is 1. The number of aliphatic imine (C=N–C) groups is 1. The van der Waals surface area contributed by atoms with Gasteiger partial charge in [-0.15, -0.1) is 24.0 Å². The van der Waals surface area contributed by atoms with E-state index in [-0.39, 0.29) is 36.4 Å². The van der Waals surface area contributed by atoms with E-state index in [2.05, 4.69) is 20.9 Å². The number of carbonyl (C=O) groups excluding carboxylic acids is 1. The molecule has 1 amide bonds. The molecule has 0 spiro atoms. The van der Waals surface area contributed by atoms with Gasteiger partial charge < -0.3 is 25.4 Å². The summed E-state index contributed by atoms with van der Waals surface area (Å²) < 4.78 is 11.2. The Morgan fingerprint density at radius 1 is 1.00 bits per heavy atom. The molecule has 3 N–H and O–H groups in total. The van der Waals surface area contributed by atoms with Crippen molar-refractivity contribution in [2.45, 2.75) is 33.6 Å². The lowest BCUT2D eigenvalue weighted by molar-refractivity contribution is -0.120. The number of rotatable bonds is 11. The molecular formula is C19H33IN4O3. The molecule has 8 heteroatoms. The van der Waals surface area contributed by atoms with Crippen molar-refractivity contribution in [2.24, 2.45) is 4.99 Å². The zero-order valence-electron chi connectivity index (χ0n) is 16.8. The number of guanidine groups is 1. The summed E-state index contributed by atoms with van der Waals surface area (Å²) in [5.74, 6) is 2.10. The Balaban J connectivity index is 0.00000676. The quantitative estimate of drug-likeness (QED) is 0.251. The third-order valence-corrected chi connectivity index (χ3v) is 3.53. The highest BCUT2D eigenvalue weighted by Crippen LogP contribution is 2.28. The van der Waals surface area contributed by atoms with E-state index in [1.165, 1.54) is 0 Å². The number of benzene rings is 1. The molecule has 0 heterocycles. The van der Waals surface area contributed by atoms with E-state index >= 15 is 0 Å². The van der Waals surface area contributed by atoms with Crippen molar-refractivity contribution in [3.05, 3.63) is 23.8 Å². The molecule has 27 heavy (non-hydrogen) atoms. The van der Waals surface area contributed by atoms with Gasteiger partial charge in [-0.05, 0) is 44.4 Å². The van der Waals surface area contributed by atoms with Gasteiger partial charge in [0.15, 0.2) is 17.5 Å². The molecule has 0 bridgehead atoms. The number of amides is 1. The minimum atomic E-state index is -0.0392. The summed E-state index contributed by atoms with van der Waals surface area (Å²) in [5.41, 5.74) is 1.14. The van der Waals surface area contributed by atoms with Crippen molar-refractivity contribution in [1.29, 1.82) is 0 Å². The van der Waals surface area contributed by atoms with Crippen LogP contribution < -0.4 is 25.4 Å². The van der Waals surface area contributed by atoms with Crippen LogP contribution in [0.4, 0.5) is 0 Å². The van der Waals surface area contributed by atoms with Crippen LogP contribution in [0.5, 0.6) is 11.5 Å². The first-order chi connectivity index (χ1) is 12.6. The van der Waals surface area contributed by atoms with Crippen LogP contribution in [0.3, 0.4) is 0 Å². The molecule has 0 aliphatic heterocycles. The summed E-state index contributed by atoms with van der Waals surface area (Å²) in [6.45, 7) is 8.71. The standard InChI is InChI=1S/C19H32N4O3.HI/c1-5-11-21-18(24)14-23-19(20-4)22-12-10-15-8-9-16(25-6-2)17(13-15)26-7-3;/h8-9,13H,5-7,10-12,14H2,1-4H3,(H,21,24)(H2,20,22,23);1H. The van der Waals surface area contributed by atoms with Crippen LogP contribution in [0.1, 0.15) is 32.8 Å². The number of halogens is 1. The zero-order valence-corrected chi connectivity index (χ0v) is 19.1. The summed E-state index contributed by atoms with van der Waals surface area (Å²) in [6, 6.07) is 5.98. The minimum Gasteiger partial charge on any atom is -0.490 e. The molecule has 0 radical (unpaired) electrons. The summed E-state index contributed by atoms with van der Waals surface area (Å²) in [4.78, 5) is 15.7. The van der Waals surface area contributed by atoms with Gasteiger partial charge in [0.25, 0.3) is 0 Å².